The van der Waals surface area contributed by atoms with Gasteiger partial charge in [0.2, 0.25) is 0 Å². The van der Waals surface area contributed by atoms with E-state index in [4.69, 9.17) is 4.74 Å². The molecule has 0 bridgehead atoms. The van der Waals surface area contributed by atoms with Crippen LogP contribution >= 0.6 is 15.9 Å². The van der Waals surface area contributed by atoms with Crippen LogP contribution in [0.5, 0.6) is 0 Å². The molecule has 0 amide bonds. The van der Waals surface area contributed by atoms with Gasteiger partial charge in [0.25, 0.3) is 0 Å². The fourth-order valence-corrected chi connectivity index (χ4v) is 2.44. The number of hydrogen-bond acceptors (Lipinski definition) is 2. The van der Waals surface area contributed by atoms with Crippen LogP contribution in [0.2, 0.25) is 0 Å². The van der Waals surface area contributed by atoms with Gasteiger partial charge in [0, 0.05) is 10.0 Å². The monoisotopic (exact) mass is 344 g/mol. The highest BCUT2D eigenvalue weighted by molar-refractivity contribution is 9.10. The van der Waals surface area contributed by atoms with Gasteiger partial charge in [0.1, 0.15) is 11.6 Å². The van der Waals surface area contributed by atoms with Crippen LogP contribution in [0.1, 0.15) is 11.1 Å². The largest absolute Gasteiger partial charge is 0.422 e. The first-order valence-electron chi connectivity index (χ1n) is 6.29. The van der Waals surface area contributed by atoms with E-state index in [1.165, 1.54) is 12.1 Å². The van der Waals surface area contributed by atoms with Gasteiger partial charge in [0.15, 0.2) is 0 Å². The Hall–Kier alpha value is -2.20. The number of carbonyl (C=O) groups excluding carboxylic acids is 1. The van der Waals surface area contributed by atoms with E-state index in [0.29, 0.717) is 16.9 Å². The Morgan fingerprint density at radius 1 is 1.10 bits per heavy atom. The van der Waals surface area contributed by atoms with Crippen molar-refractivity contribution in [1.82, 2.24) is 0 Å². The SMILES string of the molecule is O=C1OC(c2ccc(F)cc2)=C/C1=C/c1cccc(Br)c1. The van der Waals surface area contributed by atoms with Crippen molar-refractivity contribution in [3.8, 4) is 0 Å². The molecule has 0 aromatic heterocycles. The summed E-state index contributed by atoms with van der Waals surface area (Å²) in [7, 11) is 0. The number of cyclic esters (lactones) is 1. The van der Waals surface area contributed by atoms with Crippen molar-refractivity contribution in [2.45, 2.75) is 0 Å². The first-order valence-corrected chi connectivity index (χ1v) is 7.08. The Labute approximate surface area is 129 Å². The van der Waals surface area contributed by atoms with Crippen LogP contribution in [0.25, 0.3) is 11.8 Å². The molecule has 0 N–H and O–H groups in total. The van der Waals surface area contributed by atoms with Crippen LogP contribution in [0.4, 0.5) is 4.39 Å². The van der Waals surface area contributed by atoms with Gasteiger partial charge >= 0.3 is 5.97 Å². The van der Waals surface area contributed by atoms with Crippen molar-refractivity contribution in [2.75, 3.05) is 0 Å². The summed E-state index contributed by atoms with van der Waals surface area (Å²) in [4.78, 5) is 11.9. The standard InChI is InChI=1S/C17H10BrFO2/c18-14-3-1-2-11(9-14)8-13-10-16(21-17(13)20)12-4-6-15(19)7-5-12/h1-10H/b13-8-. The molecule has 0 spiro atoms. The molecule has 0 radical (unpaired) electrons. The van der Waals surface area contributed by atoms with E-state index >= 15 is 0 Å². The summed E-state index contributed by atoms with van der Waals surface area (Å²) in [5.74, 6) is -0.302. The lowest BCUT2D eigenvalue weighted by Gasteiger charge is -2.00. The molecule has 0 unspecified atom stereocenters. The summed E-state index contributed by atoms with van der Waals surface area (Å²) in [6.07, 6.45) is 3.42. The van der Waals surface area contributed by atoms with Crippen LogP contribution in [-0.4, -0.2) is 5.97 Å². The lowest BCUT2D eigenvalue weighted by Crippen LogP contribution is -1.97. The zero-order valence-corrected chi connectivity index (χ0v) is 12.4. The van der Waals surface area contributed by atoms with E-state index in [-0.39, 0.29) is 5.82 Å². The van der Waals surface area contributed by atoms with Gasteiger partial charge in [0.05, 0.1) is 5.57 Å². The second-order valence-electron chi connectivity index (χ2n) is 4.56. The number of halogens is 2. The van der Waals surface area contributed by atoms with E-state index in [0.717, 1.165) is 10.0 Å². The molecule has 1 heterocycles. The van der Waals surface area contributed by atoms with E-state index in [1.54, 1.807) is 24.3 Å². The maximum atomic E-state index is 12.9. The second kappa shape index (κ2) is 5.66. The third-order valence-electron chi connectivity index (χ3n) is 3.02. The lowest BCUT2D eigenvalue weighted by molar-refractivity contribution is -0.130. The number of ether oxygens (including phenoxy) is 1. The number of rotatable bonds is 2. The predicted octanol–water partition coefficient (Wildman–Crippen LogP) is 4.57. The maximum absolute atomic E-state index is 12.9. The molecule has 1 aliphatic heterocycles. The van der Waals surface area contributed by atoms with Gasteiger partial charge < -0.3 is 4.74 Å². The van der Waals surface area contributed by atoms with Crippen LogP contribution in [-0.2, 0) is 9.53 Å². The Morgan fingerprint density at radius 3 is 2.57 bits per heavy atom. The number of hydrogen-bond donors (Lipinski definition) is 0. The molecular formula is C17H10BrFO2. The molecule has 2 nitrogen and oxygen atoms in total. The Balaban J connectivity index is 1.93. The average molecular weight is 345 g/mol. The fourth-order valence-electron chi connectivity index (χ4n) is 2.02. The van der Waals surface area contributed by atoms with Crippen molar-refractivity contribution < 1.29 is 13.9 Å². The summed E-state index contributed by atoms with van der Waals surface area (Å²) in [6.45, 7) is 0. The van der Waals surface area contributed by atoms with E-state index < -0.39 is 5.97 Å². The first-order chi connectivity index (χ1) is 10.1. The van der Waals surface area contributed by atoms with Gasteiger partial charge in [-0.25, -0.2) is 9.18 Å². The lowest BCUT2D eigenvalue weighted by atomic mass is 10.1. The molecule has 2 aromatic carbocycles. The van der Waals surface area contributed by atoms with Gasteiger partial charge in [-0.05, 0) is 54.1 Å². The normalized spacial score (nSPS) is 16.0. The molecule has 21 heavy (non-hydrogen) atoms. The Kier molecular flexibility index (Phi) is 3.71. The smallest absolute Gasteiger partial charge is 0.343 e. The Morgan fingerprint density at radius 2 is 1.86 bits per heavy atom. The number of benzene rings is 2. The van der Waals surface area contributed by atoms with Crippen LogP contribution in [0.3, 0.4) is 0 Å². The summed E-state index contributed by atoms with van der Waals surface area (Å²) in [5.41, 5.74) is 2.03. The third kappa shape index (κ3) is 3.11. The molecule has 2 aromatic rings. The average Bonchev–Trinajstić information content (AvgIpc) is 2.81. The minimum atomic E-state index is -0.408. The van der Waals surface area contributed by atoms with Gasteiger partial charge in [-0.1, -0.05) is 28.1 Å². The highest BCUT2D eigenvalue weighted by atomic mass is 79.9. The number of esters is 1. The molecule has 0 saturated carbocycles. The molecule has 0 fully saturated rings. The Bertz CT molecular complexity index is 761. The van der Waals surface area contributed by atoms with E-state index in [1.807, 2.05) is 24.3 Å². The fraction of sp³-hybridized carbons (Fsp3) is 0. The quantitative estimate of drug-likeness (QED) is 0.589. The summed E-state index contributed by atoms with van der Waals surface area (Å²) in [5, 5.41) is 0. The summed E-state index contributed by atoms with van der Waals surface area (Å²) < 4.78 is 19.1. The number of carbonyl (C=O) groups is 1. The molecule has 0 aliphatic carbocycles. The van der Waals surface area contributed by atoms with Gasteiger partial charge in [-0.3, -0.25) is 0 Å². The van der Waals surface area contributed by atoms with E-state index in [2.05, 4.69) is 15.9 Å². The van der Waals surface area contributed by atoms with Crippen LogP contribution in [0.15, 0.2) is 64.7 Å². The zero-order valence-electron chi connectivity index (χ0n) is 10.8. The predicted molar refractivity (Wildman–Crippen MR) is 82.6 cm³/mol. The minimum absolute atomic E-state index is 0.325. The molecule has 104 valence electrons. The summed E-state index contributed by atoms with van der Waals surface area (Å²) >= 11 is 3.39. The highest BCUT2D eigenvalue weighted by Gasteiger charge is 2.21. The molecule has 3 rings (SSSR count). The molecule has 1 aliphatic rings. The first kappa shape index (κ1) is 13.8. The zero-order chi connectivity index (χ0) is 14.8. The van der Waals surface area contributed by atoms with Gasteiger partial charge in [-0.15, -0.1) is 0 Å². The van der Waals surface area contributed by atoms with Crippen LogP contribution in [0, 0.1) is 5.82 Å². The second-order valence-corrected chi connectivity index (χ2v) is 5.48. The van der Waals surface area contributed by atoms with Crippen molar-refractivity contribution in [3.63, 3.8) is 0 Å². The van der Waals surface area contributed by atoms with E-state index in [9.17, 15) is 9.18 Å². The van der Waals surface area contributed by atoms with Crippen molar-refractivity contribution >= 4 is 33.7 Å². The maximum Gasteiger partial charge on any atom is 0.343 e. The van der Waals surface area contributed by atoms with Crippen molar-refractivity contribution in [3.05, 3.63) is 81.6 Å². The summed E-state index contributed by atoms with van der Waals surface area (Å²) in [6, 6.07) is 13.4. The third-order valence-corrected chi connectivity index (χ3v) is 3.52. The molecule has 0 atom stereocenters. The van der Waals surface area contributed by atoms with Crippen LogP contribution < -0.4 is 0 Å². The minimum Gasteiger partial charge on any atom is -0.422 e. The highest BCUT2D eigenvalue weighted by Crippen LogP contribution is 2.27. The van der Waals surface area contributed by atoms with Crippen molar-refractivity contribution in [1.29, 1.82) is 0 Å². The molecule has 0 saturated heterocycles. The topological polar surface area (TPSA) is 26.3 Å². The van der Waals surface area contributed by atoms with Crippen molar-refractivity contribution in [2.24, 2.45) is 0 Å². The van der Waals surface area contributed by atoms with Gasteiger partial charge in [-0.2, -0.15) is 0 Å². The molecule has 4 heteroatoms. The molecular weight excluding hydrogens is 335 g/mol.